The number of benzene rings is 1. The van der Waals surface area contributed by atoms with Crippen molar-refractivity contribution in [3.8, 4) is 5.75 Å². The zero-order valence-corrected chi connectivity index (χ0v) is 9.56. The summed E-state index contributed by atoms with van der Waals surface area (Å²) in [6.45, 7) is 1.15. The van der Waals surface area contributed by atoms with E-state index in [4.69, 9.17) is 9.47 Å². The Bertz CT molecular complexity index is 336. The summed E-state index contributed by atoms with van der Waals surface area (Å²) in [5, 5.41) is 0. The summed E-state index contributed by atoms with van der Waals surface area (Å²) in [5.74, 6) is 0.160. The van der Waals surface area contributed by atoms with Crippen LogP contribution < -0.4 is 4.74 Å². The number of carbonyl (C=O) groups excluding carboxylic acids is 1. The maximum absolute atomic E-state index is 11.4. The van der Waals surface area contributed by atoms with Crippen molar-refractivity contribution >= 4 is 5.97 Å². The highest BCUT2D eigenvalue weighted by Crippen LogP contribution is 2.18. The minimum absolute atomic E-state index is 0.387. The second-order valence-corrected chi connectivity index (χ2v) is 3.18. The van der Waals surface area contributed by atoms with Crippen LogP contribution >= 0.6 is 0 Å². The van der Waals surface area contributed by atoms with Crippen LogP contribution in [0.2, 0.25) is 0 Å². The van der Waals surface area contributed by atoms with Gasteiger partial charge in [0.25, 0.3) is 0 Å². The van der Waals surface area contributed by atoms with E-state index < -0.39 is 0 Å². The van der Waals surface area contributed by atoms with Crippen molar-refractivity contribution in [3.63, 3.8) is 0 Å². The van der Waals surface area contributed by atoms with Crippen LogP contribution in [0.4, 0.5) is 0 Å². The minimum Gasteiger partial charge on any atom is -0.493 e. The highest BCUT2D eigenvalue weighted by molar-refractivity contribution is 5.92. The van der Waals surface area contributed by atoms with Crippen LogP contribution in [0.3, 0.4) is 0 Å². The topological polar surface area (TPSA) is 44.8 Å². The normalized spacial score (nSPS) is 9.88. The number of rotatable bonds is 6. The van der Waals surface area contributed by atoms with E-state index in [-0.39, 0.29) is 5.97 Å². The average molecular weight is 224 g/mol. The molecule has 0 aliphatic heterocycles. The van der Waals surface area contributed by atoms with Crippen LogP contribution in [0.15, 0.2) is 24.3 Å². The molecule has 0 spiro atoms. The molecule has 88 valence electrons. The Hall–Kier alpha value is -1.55. The molecule has 0 N–H and O–H groups in total. The summed E-state index contributed by atoms with van der Waals surface area (Å²) < 4.78 is 15.0. The third-order valence-electron chi connectivity index (χ3n) is 2.04. The maximum Gasteiger partial charge on any atom is 0.341 e. The molecule has 1 aromatic rings. The molecule has 16 heavy (non-hydrogen) atoms. The van der Waals surface area contributed by atoms with Crippen molar-refractivity contribution in [1.29, 1.82) is 0 Å². The Morgan fingerprint density at radius 3 is 2.62 bits per heavy atom. The molecule has 0 radical (unpaired) electrons. The number of ether oxygens (including phenoxy) is 3. The van der Waals surface area contributed by atoms with Gasteiger partial charge in [-0.15, -0.1) is 0 Å². The van der Waals surface area contributed by atoms with Gasteiger partial charge in [-0.25, -0.2) is 4.79 Å². The minimum atomic E-state index is -0.387. The molecule has 0 saturated carbocycles. The first kappa shape index (κ1) is 12.5. The smallest absolute Gasteiger partial charge is 0.341 e. The number of carbonyl (C=O) groups is 1. The molecule has 0 atom stereocenters. The standard InChI is InChI=1S/C12H16O4/c1-14-8-5-9-16-11-7-4-3-6-10(11)12(13)15-2/h3-4,6-7H,5,8-9H2,1-2H3. The van der Waals surface area contributed by atoms with E-state index in [0.717, 1.165) is 6.42 Å². The van der Waals surface area contributed by atoms with Gasteiger partial charge in [-0.2, -0.15) is 0 Å². The molecule has 4 nitrogen and oxygen atoms in total. The monoisotopic (exact) mass is 224 g/mol. The maximum atomic E-state index is 11.4. The molecule has 0 aliphatic carbocycles. The molecule has 0 aliphatic rings. The van der Waals surface area contributed by atoms with Crippen LogP contribution in [-0.4, -0.2) is 33.4 Å². The highest BCUT2D eigenvalue weighted by Gasteiger charge is 2.11. The molecule has 0 saturated heterocycles. The second-order valence-electron chi connectivity index (χ2n) is 3.18. The fourth-order valence-electron chi connectivity index (χ4n) is 1.26. The summed E-state index contributed by atoms with van der Waals surface area (Å²) in [6.07, 6.45) is 0.784. The van der Waals surface area contributed by atoms with E-state index in [1.54, 1.807) is 25.3 Å². The van der Waals surface area contributed by atoms with Gasteiger partial charge in [-0.3, -0.25) is 0 Å². The molecule has 0 bridgehead atoms. The Balaban J connectivity index is 2.60. The number of methoxy groups -OCH3 is 2. The SMILES string of the molecule is COCCCOc1ccccc1C(=O)OC. The lowest BCUT2D eigenvalue weighted by atomic mass is 10.2. The predicted octanol–water partition coefficient (Wildman–Crippen LogP) is 1.89. The Labute approximate surface area is 95.1 Å². The lowest BCUT2D eigenvalue weighted by Gasteiger charge is -2.09. The van der Waals surface area contributed by atoms with Gasteiger partial charge in [0.2, 0.25) is 0 Å². The Morgan fingerprint density at radius 1 is 1.19 bits per heavy atom. The van der Waals surface area contributed by atoms with Crippen molar-refractivity contribution in [3.05, 3.63) is 29.8 Å². The van der Waals surface area contributed by atoms with E-state index >= 15 is 0 Å². The third kappa shape index (κ3) is 3.55. The molecular formula is C12H16O4. The zero-order valence-electron chi connectivity index (χ0n) is 9.56. The van der Waals surface area contributed by atoms with Crippen LogP contribution in [-0.2, 0) is 9.47 Å². The summed E-state index contributed by atoms with van der Waals surface area (Å²) in [7, 11) is 2.99. The molecular weight excluding hydrogens is 208 g/mol. The van der Waals surface area contributed by atoms with Gasteiger partial charge in [0.15, 0.2) is 0 Å². The number of hydrogen-bond donors (Lipinski definition) is 0. The van der Waals surface area contributed by atoms with Crippen LogP contribution in [0.1, 0.15) is 16.8 Å². The molecule has 0 heterocycles. The molecule has 0 fully saturated rings. The van der Waals surface area contributed by atoms with Gasteiger partial charge in [-0.1, -0.05) is 12.1 Å². The molecule has 1 rings (SSSR count). The van der Waals surface area contributed by atoms with Gasteiger partial charge in [0.1, 0.15) is 11.3 Å². The number of para-hydroxylation sites is 1. The molecule has 0 amide bonds. The third-order valence-corrected chi connectivity index (χ3v) is 2.04. The van der Waals surface area contributed by atoms with E-state index in [9.17, 15) is 4.79 Å². The van der Waals surface area contributed by atoms with Gasteiger partial charge in [0.05, 0.1) is 13.7 Å². The fourth-order valence-corrected chi connectivity index (χ4v) is 1.26. The first-order valence-corrected chi connectivity index (χ1v) is 5.08. The van der Waals surface area contributed by atoms with Crippen molar-refractivity contribution in [1.82, 2.24) is 0 Å². The van der Waals surface area contributed by atoms with E-state index in [0.29, 0.717) is 24.5 Å². The van der Waals surface area contributed by atoms with Gasteiger partial charge in [-0.05, 0) is 12.1 Å². The fraction of sp³-hybridized carbons (Fsp3) is 0.417. The first-order chi connectivity index (χ1) is 7.79. The van der Waals surface area contributed by atoms with E-state index in [2.05, 4.69) is 4.74 Å². The number of hydrogen-bond acceptors (Lipinski definition) is 4. The Morgan fingerprint density at radius 2 is 1.94 bits per heavy atom. The van der Waals surface area contributed by atoms with Gasteiger partial charge >= 0.3 is 5.97 Å². The van der Waals surface area contributed by atoms with Crippen LogP contribution in [0, 0.1) is 0 Å². The van der Waals surface area contributed by atoms with Crippen LogP contribution in [0.5, 0.6) is 5.75 Å². The molecule has 1 aromatic carbocycles. The van der Waals surface area contributed by atoms with Crippen molar-refractivity contribution in [2.24, 2.45) is 0 Å². The lowest BCUT2D eigenvalue weighted by Crippen LogP contribution is -2.07. The lowest BCUT2D eigenvalue weighted by molar-refractivity contribution is 0.0595. The summed E-state index contributed by atoms with van der Waals surface area (Å²) in [6, 6.07) is 7.02. The van der Waals surface area contributed by atoms with Gasteiger partial charge < -0.3 is 14.2 Å². The number of esters is 1. The highest BCUT2D eigenvalue weighted by atomic mass is 16.5. The van der Waals surface area contributed by atoms with E-state index in [1.165, 1.54) is 7.11 Å². The zero-order chi connectivity index (χ0) is 11.8. The molecule has 0 unspecified atom stereocenters. The van der Waals surface area contributed by atoms with Gasteiger partial charge in [0, 0.05) is 20.1 Å². The largest absolute Gasteiger partial charge is 0.493 e. The van der Waals surface area contributed by atoms with Crippen LogP contribution in [0.25, 0.3) is 0 Å². The first-order valence-electron chi connectivity index (χ1n) is 5.08. The average Bonchev–Trinajstić information content (AvgIpc) is 2.34. The summed E-state index contributed by atoms with van der Waals surface area (Å²) in [4.78, 5) is 11.4. The Kier molecular flexibility index (Phi) is 5.36. The van der Waals surface area contributed by atoms with Crippen molar-refractivity contribution < 1.29 is 19.0 Å². The van der Waals surface area contributed by atoms with E-state index in [1.807, 2.05) is 6.07 Å². The van der Waals surface area contributed by atoms with Crippen molar-refractivity contribution in [2.45, 2.75) is 6.42 Å². The molecule has 0 aromatic heterocycles. The summed E-state index contributed by atoms with van der Waals surface area (Å²) in [5.41, 5.74) is 0.447. The second kappa shape index (κ2) is 6.85. The molecule has 4 heteroatoms. The quantitative estimate of drug-likeness (QED) is 0.546. The predicted molar refractivity (Wildman–Crippen MR) is 59.8 cm³/mol. The summed E-state index contributed by atoms with van der Waals surface area (Å²) >= 11 is 0. The van der Waals surface area contributed by atoms with Crippen molar-refractivity contribution in [2.75, 3.05) is 27.4 Å².